The molecule has 0 fully saturated rings. The maximum atomic E-state index is 11.1. The molecule has 0 aliphatic rings. The molecule has 1 amide bonds. The first-order valence-corrected chi connectivity index (χ1v) is 4.03. The molecule has 1 aromatic carbocycles. The van der Waals surface area contributed by atoms with Crippen molar-refractivity contribution in [2.75, 3.05) is 5.32 Å². The molecular formula is C10H12NNaO2. The Kier molecular flexibility index (Phi) is 6.45. The molecule has 14 heavy (non-hydrogen) atoms. The van der Waals surface area contributed by atoms with Crippen molar-refractivity contribution in [2.45, 2.75) is 13.3 Å². The molecular weight excluding hydrogens is 189 g/mol. The van der Waals surface area contributed by atoms with Crippen LogP contribution in [0.4, 0.5) is 5.69 Å². The molecule has 0 atom stereocenters. The fraction of sp³-hybridized carbons (Fsp3) is 0.200. The van der Waals surface area contributed by atoms with Gasteiger partial charge in [-0.2, -0.15) is 0 Å². The minimum Gasteiger partial charge on any atom is -1.00 e. The van der Waals surface area contributed by atoms with Crippen LogP contribution in [0.3, 0.4) is 0 Å². The van der Waals surface area contributed by atoms with Crippen LogP contribution in [-0.4, -0.2) is 11.7 Å². The molecule has 0 bridgehead atoms. The Hall–Kier alpha value is -0.640. The van der Waals surface area contributed by atoms with Crippen LogP contribution >= 0.6 is 0 Å². The van der Waals surface area contributed by atoms with Crippen LogP contribution in [0.5, 0.6) is 0 Å². The Morgan fingerprint density at radius 1 is 1.29 bits per heavy atom. The molecule has 4 heteroatoms. The van der Waals surface area contributed by atoms with Gasteiger partial charge in [-0.25, -0.2) is 0 Å². The molecule has 0 saturated heterocycles. The van der Waals surface area contributed by atoms with E-state index in [9.17, 15) is 9.59 Å². The van der Waals surface area contributed by atoms with Crippen LogP contribution in [0.25, 0.3) is 0 Å². The molecule has 0 unspecified atom stereocenters. The largest absolute Gasteiger partial charge is 1.00 e. The van der Waals surface area contributed by atoms with Crippen LogP contribution in [0, 0.1) is 0 Å². The third kappa shape index (κ3) is 5.17. The molecule has 1 N–H and O–H groups in total. The summed E-state index contributed by atoms with van der Waals surface area (Å²) >= 11 is 0. The van der Waals surface area contributed by atoms with Crippen LogP contribution in [0.15, 0.2) is 30.3 Å². The second-order valence-electron chi connectivity index (χ2n) is 2.79. The van der Waals surface area contributed by atoms with Gasteiger partial charge in [-0.1, -0.05) is 18.2 Å². The number of carbonyl (C=O) groups excluding carboxylic acids is 2. The maximum Gasteiger partial charge on any atom is 1.00 e. The number of para-hydroxylation sites is 1. The van der Waals surface area contributed by atoms with Gasteiger partial charge in [-0.05, 0) is 19.1 Å². The fourth-order valence-corrected chi connectivity index (χ4v) is 0.953. The normalized spacial score (nSPS) is 8.64. The second kappa shape index (κ2) is 6.76. The Bertz CT molecular complexity index is 316. The number of amides is 1. The second-order valence-corrected chi connectivity index (χ2v) is 2.79. The third-order valence-electron chi connectivity index (χ3n) is 1.47. The van der Waals surface area contributed by atoms with E-state index in [4.69, 9.17) is 0 Å². The molecule has 0 heterocycles. The van der Waals surface area contributed by atoms with E-state index in [2.05, 4.69) is 5.32 Å². The first kappa shape index (κ1) is 13.4. The topological polar surface area (TPSA) is 46.2 Å². The van der Waals surface area contributed by atoms with E-state index >= 15 is 0 Å². The first-order chi connectivity index (χ1) is 6.18. The van der Waals surface area contributed by atoms with E-state index in [-0.39, 0.29) is 49.1 Å². The number of hydrogen-bond donors (Lipinski definition) is 1. The number of anilines is 1. The molecule has 0 radical (unpaired) electrons. The van der Waals surface area contributed by atoms with Gasteiger partial charge in [0, 0.05) is 5.69 Å². The van der Waals surface area contributed by atoms with E-state index in [0.717, 1.165) is 0 Å². The third-order valence-corrected chi connectivity index (χ3v) is 1.47. The zero-order valence-corrected chi connectivity index (χ0v) is 10.4. The van der Waals surface area contributed by atoms with Crippen LogP contribution in [-0.2, 0) is 9.59 Å². The van der Waals surface area contributed by atoms with Crippen molar-refractivity contribution >= 4 is 17.4 Å². The summed E-state index contributed by atoms with van der Waals surface area (Å²) in [6, 6.07) is 9.06. The monoisotopic (exact) mass is 201 g/mol. The number of benzene rings is 1. The SMILES string of the molecule is CC(=O)CC(=O)Nc1ccccc1.[H-].[Na+]. The predicted molar refractivity (Wildman–Crippen MR) is 51.5 cm³/mol. The Morgan fingerprint density at radius 2 is 1.86 bits per heavy atom. The van der Waals surface area contributed by atoms with E-state index in [1.165, 1.54) is 6.92 Å². The van der Waals surface area contributed by atoms with E-state index in [1.54, 1.807) is 12.1 Å². The first-order valence-electron chi connectivity index (χ1n) is 4.03. The van der Waals surface area contributed by atoms with Crippen molar-refractivity contribution < 1.29 is 40.6 Å². The molecule has 1 aromatic rings. The van der Waals surface area contributed by atoms with Crippen molar-refractivity contribution in [3.63, 3.8) is 0 Å². The fourth-order valence-electron chi connectivity index (χ4n) is 0.953. The summed E-state index contributed by atoms with van der Waals surface area (Å²) in [6.45, 7) is 1.39. The van der Waals surface area contributed by atoms with Crippen molar-refractivity contribution in [2.24, 2.45) is 0 Å². The maximum absolute atomic E-state index is 11.1. The molecule has 1 rings (SSSR count). The average molecular weight is 201 g/mol. The van der Waals surface area contributed by atoms with Gasteiger partial charge < -0.3 is 6.74 Å². The van der Waals surface area contributed by atoms with Gasteiger partial charge >= 0.3 is 29.6 Å². The quantitative estimate of drug-likeness (QED) is 0.489. The van der Waals surface area contributed by atoms with Gasteiger partial charge in [0.15, 0.2) is 0 Å². The van der Waals surface area contributed by atoms with Gasteiger partial charge in [0.25, 0.3) is 0 Å². The number of carbonyl (C=O) groups is 2. The minimum atomic E-state index is -0.265. The molecule has 0 spiro atoms. The van der Waals surface area contributed by atoms with Crippen LogP contribution < -0.4 is 34.9 Å². The van der Waals surface area contributed by atoms with Gasteiger partial charge in [0.05, 0.1) is 6.42 Å². The van der Waals surface area contributed by atoms with Crippen LogP contribution in [0.2, 0.25) is 0 Å². The van der Waals surface area contributed by atoms with Crippen molar-refractivity contribution in [3.05, 3.63) is 30.3 Å². The van der Waals surface area contributed by atoms with Gasteiger partial charge in [-0.15, -0.1) is 0 Å². The van der Waals surface area contributed by atoms with Gasteiger partial charge in [0.1, 0.15) is 5.78 Å². The van der Waals surface area contributed by atoms with Gasteiger partial charge in [-0.3, -0.25) is 9.59 Å². The smallest absolute Gasteiger partial charge is 1.00 e. The molecule has 0 aliphatic carbocycles. The summed E-state index contributed by atoms with van der Waals surface area (Å²) < 4.78 is 0. The zero-order valence-electron chi connectivity index (χ0n) is 9.41. The number of Topliss-reactive ketones (excluding diaryl/α,β-unsaturated/α-hetero) is 1. The number of rotatable bonds is 3. The standard InChI is InChI=1S/C10H11NO2.Na.H/c1-8(12)7-10(13)11-9-5-3-2-4-6-9;;/h2-6H,7H2,1H3,(H,11,13);;/q;+1;-1. The summed E-state index contributed by atoms with van der Waals surface area (Å²) in [5.41, 5.74) is 0.716. The average Bonchev–Trinajstić information content (AvgIpc) is 2.04. The summed E-state index contributed by atoms with van der Waals surface area (Å²) in [5, 5.41) is 2.61. The molecule has 0 saturated carbocycles. The summed E-state index contributed by atoms with van der Waals surface area (Å²) in [7, 11) is 0. The van der Waals surface area contributed by atoms with E-state index in [1.807, 2.05) is 18.2 Å². The van der Waals surface area contributed by atoms with Crippen molar-refractivity contribution in [3.8, 4) is 0 Å². The number of nitrogens with one attached hydrogen (secondary N) is 1. The number of ketones is 1. The minimum absolute atomic E-state index is 0. The van der Waals surface area contributed by atoms with Crippen molar-refractivity contribution in [1.82, 2.24) is 0 Å². The molecule has 0 aromatic heterocycles. The Balaban J connectivity index is 0. The molecule has 70 valence electrons. The molecule has 3 nitrogen and oxygen atoms in total. The van der Waals surface area contributed by atoms with E-state index < -0.39 is 0 Å². The zero-order chi connectivity index (χ0) is 9.68. The molecule has 0 aliphatic heterocycles. The summed E-state index contributed by atoms with van der Waals surface area (Å²) in [6.07, 6.45) is -0.0606. The van der Waals surface area contributed by atoms with Crippen LogP contribution in [0.1, 0.15) is 14.8 Å². The van der Waals surface area contributed by atoms with Crippen molar-refractivity contribution in [1.29, 1.82) is 0 Å². The Labute approximate surface area is 107 Å². The summed E-state index contributed by atoms with van der Waals surface area (Å²) in [5.74, 6) is -0.396. The van der Waals surface area contributed by atoms with Gasteiger partial charge in [0.2, 0.25) is 5.91 Å². The Morgan fingerprint density at radius 3 is 2.36 bits per heavy atom. The van der Waals surface area contributed by atoms with E-state index in [0.29, 0.717) is 5.69 Å². The summed E-state index contributed by atoms with van der Waals surface area (Å²) in [4.78, 5) is 21.7. The predicted octanol–water partition coefficient (Wildman–Crippen LogP) is -1.28. The number of hydrogen-bond acceptors (Lipinski definition) is 2.